The van der Waals surface area contributed by atoms with Gasteiger partial charge in [0.15, 0.2) is 0 Å². The summed E-state index contributed by atoms with van der Waals surface area (Å²) >= 11 is 0. The molecule has 0 aliphatic heterocycles. The number of hydrogen-bond donors (Lipinski definition) is 2. The number of hydrogen-bond acceptors (Lipinski definition) is 3. The summed E-state index contributed by atoms with van der Waals surface area (Å²) in [5, 5.41) is 13.4. The lowest BCUT2D eigenvalue weighted by atomic mass is 10.0. The SMILES string of the molecule is CNCC(O)c1cc(-c2ccccc2)nc(-c2ccccc2)c1.Cl. The summed E-state index contributed by atoms with van der Waals surface area (Å²) in [6.07, 6.45) is -0.562. The molecule has 24 heavy (non-hydrogen) atoms. The highest BCUT2D eigenvalue weighted by Gasteiger charge is 2.12. The van der Waals surface area contributed by atoms with Gasteiger partial charge in [0.05, 0.1) is 17.5 Å². The van der Waals surface area contributed by atoms with Crippen molar-refractivity contribution < 1.29 is 5.11 Å². The maximum atomic E-state index is 10.4. The van der Waals surface area contributed by atoms with E-state index < -0.39 is 6.10 Å². The third-order valence-electron chi connectivity index (χ3n) is 3.77. The van der Waals surface area contributed by atoms with Crippen molar-refractivity contribution in [2.45, 2.75) is 6.10 Å². The lowest BCUT2D eigenvalue weighted by molar-refractivity contribution is 0.178. The summed E-state index contributed by atoms with van der Waals surface area (Å²) < 4.78 is 0. The Morgan fingerprint density at radius 1 is 0.875 bits per heavy atom. The largest absolute Gasteiger partial charge is 0.387 e. The van der Waals surface area contributed by atoms with E-state index in [4.69, 9.17) is 4.98 Å². The Bertz CT molecular complexity index is 705. The fourth-order valence-electron chi connectivity index (χ4n) is 2.57. The highest BCUT2D eigenvalue weighted by atomic mass is 35.5. The van der Waals surface area contributed by atoms with E-state index in [9.17, 15) is 5.11 Å². The molecule has 0 amide bonds. The van der Waals surface area contributed by atoms with Crippen molar-refractivity contribution in [1.29, 1.82) is 0 Å². The van der Waals surface area contributed by atoms with Gasteiger partial charge in [-0.2, -0.15) is 0 Å². The van der Waals surface area contributed by atoms with Crippen LogP contribution in [0.4, 0.5) is 0 Å². The quantitative estimate of drug-likeness (QED) is 0.735. The van der Waals surface area contributed by atoms with Gasteiger partial charge in [-0.05, 0) is 24.7 Å². The molecule has 2 aromatic carbocycles. The van der Waals surface area contributed by atoms with E-state index in [-0.39, 0.29) is 12.4 Å². The first-order valence-corrected chi connectivity index (χ1v) is 7.73. The number of aliphatic hydroxyl groups excluding tert-OH is 1. The molecular weight excluding hydrogens is 320 g/mol. The van der Waals surface area contributed by atoms with E-state index in [0.717, 1.165) is 28.1 Å². The predicted octanol–water partition coefficient (Wildman–Crippen LogP) is 4.09. The van der Waals surface area contributed by atoms with Crippen molar-refractivity contribution in [3.8, 4) is 22.5 Å². The van der Waals surface area contributed by atoms with Gasteiger partial charge >= 0.3 is 0 Å². The Balaban J connectivity index is 0.00000208. The summed E-state index contributed by atoms with van der Waals surface area (Å²) in [4.78, 5) is 4.78. The minimum Gasteiger partial charge on any atom is -0.387 e. The topological polar surface area (TPSA) is 45.1 Å². The molecule has 0 fully saturated rings. The Morgan fingerprint density at radius 3 is 1.75 bits per heavy atom. The van der Waals surface area contributed by atoms with E-state index in [1.165, 1.54) is 0 Å². The number of halogens is 1. The zero-order valence-electron chi connectivity index (χ0n) is 13.5. The Morgan fingerprint density at radius 2 is 1.33 bits per heavy atom. The van der Waals surface area contributed by atoms with Gasteiger partial charge in [0.2, 0.25) is 0 Å². The van der Waals surface area contributed by atoms with Gasteiger partial charge in [0, 0.05) is 17.7 Å². The third-order valence-corrected chi connectivity index (χ3v) is 3.77. The van der Waals surface area contributed by atoms with Gasteiger partial charge in [0.25, 0.3) is 0 Å². The average molecular weight is 341 g/mol. The maximum Gasteiger partial charge on any atom is 0.0915 e. The zero-order chi connectivity index (χ0) is 16.1. The summed E-state index contributed by atoms with van der Waals surface area (Å²) in [7, 11) is 1.83. The van der Waals surface area contributed by atoms with Crippen LogP contribution >= 0.6 is 12.4 Å². The van der Waals surface area contributed by atoms with Gasteiger partial charge in [-0.1, -0.05) is 60.7 Å². The molecule has 0 radical (unpaired) electrons. The molecule has 0 aliphatic rings. The molecule has 0 aliphatic carbocycles. The number of rotatable bonds is 5. The highest BCUT2D eigenvalue weighted by Crippen LogP contribution is 2.27. The number of pyridine rings is 1. The normalized spacial score (nSPS) is 11.6. The van der Waals surface area contributed by atoms with Gasteiger partial charge in [0.1, 0.15) is 0 Å². The van der Waals surface area contributed by atoms with Gasteiger partial charge < -0.3 is 10.4 Å². The molecule has 3 nitrogen and oxygen atoms in total. The molecule has 0 saturated heterocycles. The summed E-state index contributed by atoms with van der Waals surface area (Å²) in [6, 6.07) is 24.0. The molecule has 3 rings (SSSR count). The minimum absolute atomic E-state index is 0. The van der Waals surface area contributed by atoms with Crippen LogP contribution in [0.5, 0.6) is 0 Å². The van der Waals surface area contributed by atoms with E-state index in [1.807, 2.05) is 79.8 Å². The second-order valence-electron chi connectivity index (χ2n) is 5.48. The zero-order valence-corrected chi connectivity index (χ0v) is 14.3. The van der Waals surface area contributed by atoms with E-state index >= 15 is 0 Å². The standard InChI is InChI=1S/C20H20N2O.ClH/c1-21-14-20(23)17-12-18(15-8-4-2-5-9-15)22-19(13-17)16-10-6-3-7-11-16;/h2-13,20-21,23H,14H2,1H3;1H. The first-order chi connectivity index (χ1) is 11.3. The van der Waals surface area contributed by atoms with Crippen LogP contribution in [-0.2, 0) is 0 Å². The van der Waals surface area contributed by atoms with E-state index in [1.54, 1.807) is 0 Å². The summed E-state index contributed by atoms with van der Waals surface area (Å²) in [6.45, 7) is 0.506. The molecule has 1 heterocycles. The number of nitrogens with one attached hydrogen (secondary N) is 1. The molecular formula is C20H21ClN2O. The average Bonchev–Trinajstić information content (AvgIpc) is 2.63. The predicted molar refractivity (Wildman–Crippen MR) is 101 cm³/mol. The first-order valence-electron chi connectivity index (χ1n) is 7.73. The van der Waals surface area contributed by atoms with Crippen LogP contribution in [0.2, 0.25) is 0 Å². The van der Waals surface area contributed by atoms with Crippen LogP contribution < -0.4 is 5.32 Å². The molecule has 0 spiro atoms. The highest BCUT2D eigenvalue weighted by molar-refractivity contribution is 5.85. The maximum absolute atomic E-state index is 10.4. The Labute approximate surface area is 148 Å². The van der Waals surface area contributed by atoms with Crippen LogP contribution in [-0.4, -0.2) is 23.7 Å². The van der Waals surface area contributed by atoms with Crippen LogP contribution in [0, 0.1) is 0 Å². The summed E-state index contributed by atoms with van der Waals surface area (Å²) in [5.74, 6) is 0. The van der Waals surface area contributed by atoms with Crippen LogP contribution in [0.1, 0.15) is 11.7 Å². The van der Waals surface area contributed by atoms with Crippen molar-refractivity contribution in [3.63, 3.8) is 0 Å². The van der Waals surface area contributed by atoms with E-state index in [2.05, 4.69) is 5.32 Å². The van der Waals surface area contributed by atoms with Crippen molar-refractivity contribution in [1.82, 2.24) is 10.3 Å². The fourth-order valence-corrected chi connectivity index (χ4v) is 2.57. The number of likely N-dealkylation sites (N-methyl/N-ethyl adjacent to an activating group) is 1. The minimum atomic E-state index is -0.562. The van der Waals surface area contributed by atoms with Crippen LogP contribution in [0.25, 0.3) is 22.5 Å². The van der Waals surface area contributed by atoms with Crippen molar-refractivity contribution in [2.75, 3.05) is 13.6 Å². The number of nitrogens with zero attached hydrogens (tertiary/aromatic N) is 1. The molecule has 1 aromatic heterocycles. The monoisotopic (exact) mass is 340 g/mol. The third kappa shape index (κ3) is 4.20. The van der Waals surface area contributed by atoms with Gasteiger partial charge in [-0.3, -0.25) is 0 Å². The number of aromatic nitrogens is 1. The van der Waals surface area contributed by atoms with Gasteiger partial charge in [-0.15, -0.1) is 12.4 Å². The first kappa shape index (κ1) is 18.1. The Kier molecular flexibility index (Phi) is 6.50. The molecule has 1 unspecified atom stereocenters. The van der Waals surface area contributed by atoms with Crippen LogP contribution in [0.15, 0.2) is 72.8 Å². The van der Waals surface area contributed by atoms with E-state index in [0.29, 0.717) is 6.54 Å². The summed E-state index contributed by atoms with van der Waals surface area (Å²) in [5.41, 5.74) is 4.70. The van der Waals surface area contributed by atoms with Crippen molar-refractivity contribution in [2.24, 2.45) is 0 Å². The molecule has 124 valence electrons. The fraction of sp³-hybridized carbons (Fsp3) is 0.150. The number of benzene rings is 2. The lowest BCUT2D eigenvalue weighted by Gasteiger charge is -2.14. The second-order valence-corrected chi connectivity index (χ2v) is 5.48. The van der Waals surface area contributed by atoms with Crippen molar-refractivity contribution in [3.05, 3.63) is 78.4 Å². The number of aliphatic hydroxyl groups is 1. The Hall–Kier alpha value is -2.20. The van der Waals surface area contributed by atoms with Gasteiger partial charge in [-0.25, -0.2) is 4.98 Å². The van der Waals surface area contributed by atoms with Crippen molar-refractivity contribution >= 4 is 12.4 Å². The molecule has 1 atom stereocenters. The molecule has 3 aromatic rings. The van der Waals surface area contributed by atoms with Crippen LogP contribution in [0.3, 0.4) is 0 Å². The molecule has 4 heteroatoms. The molecule has 0 saturated carbocycles. The smallest absolute Gasteiger partial charge is 0.0915 e. The molecule has 2 N–H and O–H groups in total. The lowest BCUT2D eigenvalue weighted by Crippen LogP contribution is -2.17. The molecule has 0 bridgehead atoms. The second kappa shape index (κ2) is 8.60.